The Balaban J connectivity index is 3.06. The molecule has 0 atom stereocenters. The van der Waals surface area contributed by atoms with Gasteiger partial charge in [0.2, 0.25) is 0 Å². The molecule has 6 heteroatoms. The third-order valence-electron chi connectivity index (χ3n) is 1.26. The lowest BCUT2D eigenvalue weighted by Crippen LogP contribution is -2.06. The summed E-state index contributed by atoms with van der Waals surface area (Å²) in [7, 11) is 0. The Kier molecular flexibility index (Phi) is 2.85. The summed E-state index contributed by atoms with van der Waals surface area (Å²) >= 11 is 11.1. The van der Waals surface area contributed by atoms with Crippen LogP contribution in [0.4, 0.5) is 10.5 Å². The largest absolute Gasteiger partial charge is 0.506 e. The zero-order valence-electron chi connectivity index (χ0n) is 6.21. The number of carbonyl (C=O) groups is 1. The number of halogens is 2. The smallest absolute Gasteiger partial charge is 0.409 e. The van der Waals surface area contributed by atoms with E-state index in [1.807, 2.05) is 5.32 Å². The molecule has 0 aliphatic carbocycles. The van der Waals surface area contributed by atoms with Gasteiger partial charge in [-0.05, 0) is 6.07 Å². The maximum atomic E-state index is 10.2. The van der Waals surface area contributed by atoms with Gasteiger partial charge in [-0.2, -0.15) is 0 Å². The summed E-state index contributed by atoms with van der Waals surface area (Å²) in [6.07, 6.45) is -1.24. The van der Waals surface area contributed by atoms with Gasteiger partial charge in [0, 0.05) is 11.8 Å². The minimum atomic E-state index is -1.24. The summed E-state index contributed by atoms with van der Waals surface area (Å²) in [5, 5.41) is 19.6. The molecule has 0 fully saturated rings. The van der Waals surface area contributed by atoms with Gasteiger partial charge in [-0.25, -0.2) is 4.79 Å². The highest BCUT2D eigenvalue weighted by Crippen LogP contribution is 2.34. The summed E-state index contributed by atoms with van der Waals surface area (Å²) in [5.41, 5.74) is 0.166. The Hall–Kier alpha value is -1.13. The van der Waals surface area contributed by atoms with Gasteiger partial charge in [-0.3, -0.25) is 5.32 Å². The van der Waals surface area contributed by atoms with E-state index in [1.165, 1.54) is 12.1 Å². The molecule has 0 spiro atoms. The summed E-state index contributed by atoms with van der Waals surface area (Å²) in [4.78, 5) is 10.2. The van der Waals surface area contributed by atoms with Crippen LogP contribution in [-0.2, 0) is 0 Å². The second-order valence-electron chi connectivity index (χ2n) is 2.22. The maximum absolute atomic E-state index is 10.2. The fourth-order valence-electron chi connectivity index (χ4n) is 0.770. The van der Waals surface area contributed by atoms with E-state index in [1.54, 1.807) is 0 Å². The van der Waals surface area contributed by atoms with Gasteiger partial charge < -0.3 is 10.2 Å². The first-order valence-electron chi connectivity index (χ1n) is 3.18. The molecule has 0 bridgehead atoms. The summed E-state index contributed by atoms with van der Waals surface area (Å²) in [5.74, 6) is -0.266. The zero-order chi connectivity index (χ0) is 10.0. The van der Waals surface area contributed by atoms with Crippen LogP contribution in [0.1, 0.15) is 0 Å². The Labute approximate surface area is 83.7 Å². The van der Waals surface area contributed by atoms with Crippen LogP contribution in [0.15, 0.2) is 12.1 Å². The third-order valence-corrected chi connectivity index (χ3v) is 2.05. The van der Waals surface area contributed by atoms with Crippen molar-refractivity contribution in [1.82, 2.24) is 0 Å². The molecule has 0 aromatic heterocycles. The van der Waals surface area contributed by atoms with Crippen LogP contribution < -0.4 is 5.32 Å². The second-order valence-corrected chi connectivity index (χ2v) is 3.01. The number of anilines is 1. The lowest BCUT2D eigenvalue weighted by molar-refractivity contribution is 0.210. The molecule has 0 aliphatic rings. The lowest BCUT2D eigenvalue weighted by atomic mass is 10.3. The first-order chi connectivity index (χ1) is 6.00. The van der Waals surface area contributed by atoms with Crippen LogP contribution in [0, 0.1) is 0 Å². The fourth-order valence-corrected chi connectivity index (χ4v) is 1.09. The van der Waals surface area contributed by atoms with Crippen LogP contribution in [0.5, 0.6) is 5.75 Å². The molecule has 13 heavy (non-hydrogen) atoms. The van der Waals surface area contributed by atoms with Crippen molar-refractivity contribution in [1.29, 1.82) is 0 Å². The van der Waals surface area contributed by atoms with Gasteiger partial charge >= 0.3 is 6.09 Å². The van der Waals surface area contributed by atoms with Gasteiger partial charge in [0.1, 0.15) is 10.8 Å². The number of carboxylic acid groups (broad SMARTS) is 1. The molecule has 1 aromatic carbocycles. The van der Waals surface area contributed by atoms with Crippen molar-refractivity contribution in [3.63, 3.8) is 0 Å². The molecule has 0 heterocycles. The minimum absolute atomic E-state index is 0.00222. The van der Waals surface area contributed by atoms with Gasteiger partial charge in [-0.1, -0.05) is 23.2 Å². The van der Waals surface area contributed by atoms with Crippen molar-refractivity contribution in [2.75, 3.05) is 5.32 Å². The number of benzene rings is 1. The Morgan fingerprint density at radius 2 is 2.00 bits per heavy atom. The first kappa shape index (κ1) is 9.95. The Morgan fingerprint density at radius 1 is 1.38 bits per heavy atom. The highest BCUT2D eigenvalue weighted by Gasteiger charge is 2.07. The SMILES string of the molecule is O=C(O)Nc1cc(O)c(Cl)c(Cl)c1. The Bertz CT molecular complexity index is 331. The summed E-state index contributed by atoms with van der Waals surface area (Å²) in [6, 6.07) is 2.47. The number of hydrogen-bond donors (Lipinski definition) is 3. The van der Waals surface area contributed by atoms with E-state index in [0.717, 1.165) is 0 Å². The van der Waals surface area contributed by atoms with Crippen LogP contribution >= 0.6 is 23.2 Å². The van der Waals surface area contributed by atoms with Crippen molar-refractivity contribution >= 4 is 35.0 Å². The quantitative estimate of drug-likeness (QED) is 0.684. The number of hydrogen-bond acceptors (Lipinski definition) is 2. The topological polar surface area (TPSA) is 69.6 Å². The van der Waals surface area contributed by atoms with E-state index >= 15 is 0 Å². The number of phenols is 1. The lowest BCUT2D eigenvalue weighted by Gasteiger charge is -2.04. The van der Waals surface area contributed by atoms with Crippen molar-refractivity contribution in [2.24, 2.45) is 0 Å². The van der Waals surface area contributed by atoms with Crippen LogP contribution in [-0.4, -0.2) is 16.3 Å². The molecular formula is C7H5Cl2NO3. The van der Waals surface area contributed by atoms with Crippen molar-refractivity contribution in [3.05, 3.63) is 22.2 Å². The Morgan fingerprint density at radius 3 is 2.46 bits per heavy atom. The molecule has 0 saturated carbocycles. The van der Waals surface area contributed by atoms with Crippen LogP contribution in [0.2, 0.25) is 10.0 Å². The fraction of sp³-hybridized carbons (Fsp3) is 0. The van der Waals surface area contributed by atoms with Crippen molar-refractivity contribution < 1.29 is 15.0 Å². The third kappa shape index (κ3) is 2.40. The standard InChI is InChI=1S/C7H5Cl2NO3/c8-4-1-3(10-7(12)13)2-5(11)6(4)9/h1-2,10-11H,(H,12,13). The van der Waals surface area contributed by atoms with Crippen LogP contribution in [0.3, 0.4) is 0 Å². The average molecular weight is 222 g/mol. The van der Waals surface area contributed by atoms with Crippen molar-refractivity contribution in [2.45, 2.75) is 0 Å². The zero-order valence-corrected chi connectivity index (χ0v) is 7.73. The number of rotatable bonds is 1. The molecule has 0 aliphatic heterocycles. The van der Waals surface area contributed by atoms with Gasteiger partial charge in [-0.15, -0.1) is 0 Å². The van der Waals surface area contributed by atoms with E-state index in [9.17, 15) is 4.79 Å². The highest BCUT2D eigenvalue weighted by atomic mass is 35.5. The first-order valence-corrected chi connectivity index (χ1v) is 3.94. The summed E-state index contributed by atoms with van der Waals surface area (Å²) in [6.45, 7) is 0. The number of nitrogens with one attached hydrogen (secondary N) is 1. The molecule has 0 saturated heterocycles. The molecule has 0 radical (unpaired) electrons. The highest BCUT2D eigenvalue weighted by molar-refractivity contribution is 6.43. The number of amides is 1. The van der Waals surface area contributed by atoms with Gasteiger partial charge in [0.25, 0.3) is 0 Å². The predicted molar refractivity (Wildman–Crippen MR) is 49.8 cm³/mol. The molecule has 4 nitrogen and oxygen atoms in total. The molecule has 3 N–H and O–H groups in total. The summed E-state index contributed by atoms with van der Waals surface area (Å²) < 4.78 is 0. The molecule has 0 unspecified atom stereocenters. The minimum Gasteiger partial charge on any atom is -0.506 e. The molecule has 70 valence electrons. The van der Waals surface area contributed by atoms with E-state index in [0.29, 0.717) is 0 Å². The maximum Gasteiger partial charge on any atom is 0.409 e. The number of aromatic hydroxyl groups is 1. The van der Waals surface area contributed by atoms with Gasteiger partial charge in [0.15, 0.2) is 0 Å². The van der Waals surface area contributed by atoms with E-state index < -0.39 is 6.09 Å². The van der Waals surface area contributed by atoms with E-state index in [4.69, 9.17) is 33.4 Å². The molecular weight excluding hydrogens is 217 g/mol. The van der Waals surface area contributed by atoms with Crippen LogP contribution in [0.25, 0.3) is 0 Å². The monoisotopic (exact) mass is 221 g/mol. The molecule has 1 aromatic rings. The van der Waals surface area contributed by atoms with E-state index in [-0.39, 0.29) is 21.5 Å². The molecule has 1 amide bonds. The number of phenolic OH excluding ortho intramolecular Hbond substituents is 1. The molecule has 1 rings (SSSR count). The normalized spacial score (nSPS) is 9.69. The van der Waals surface area contributed by atoms with Crippen molar-refractivity contribution in [3.8, 4) is 5.75 Å². The predicted octanol–water partition coefficient (Wildman–Crippen LogP) is 2.79. The average Bonchev–Trinajstić information content (AvgIpc) is 1.98. The van der Waals surface area contributed by atoms with Gasteiger partial charge in [0.05, 0.1) is 5.02 Å². The van der Waals surface area contributed by atoms with E-state index in [2.05, 4.69) is 0 Å². The second kappa shape index (κ2) is 3.72.